The molecule has 0 bridgehead atoms. The van der Waals surface area contributed by atoms with Crippen molar-refractivity contribution in [2.75, 3.05) is 11.9 Å². The highest BCUT2D eigenvalue weighted by Gasteiger charge is 2.13. The van der Waals surface area contributed by atoms with E-state index in [4.69, 9.17) is 10.8 Å². The zero-order valence-electron chi connectivity index (χ0n) is 12.1. The molecule has 116 valence electrons. The van der Waals surface area contributed by atoms with Crippen molar-refractivity contribution < 1.29 is 19.8 Å². The Morgan fingerprint density at radius 1 is 1.33 bits per heavy atom. The van der Waals surface area contributed by atoms with Crippen LogP contribution in [0.25, 0.3) is 0 Å². The zero-order chi connectivity index (χ0) is 15.8. The Bertz CT molecular complexity index is 502. The molecule has 1 atom stereocenters. The van der Waals surface area contributed by atoms with Gasteiger partial charge in [0.1, 0.15) is 11.3 Å². The molecule has 5 N–H and O–H groups in total. The number of amides is 1. The lowest BCUT2D eigenvalue weighted by Gasteiger charge is -2.13. The summed E-state index contributed by atoms with van der Waals surface area (Å²) < 4.78 is 0. The highest BCUT2D eigenvalue weighted by molar-refractivity contribution is 5.95. The van der Waals surface area contributed by atoms with Crippen molar-refractivity contribution in [1.82, 2.24) is 0 Å². The summed E-state index contributed by atoms with van der Waals surface area (Å²) in [5.41, 5.74) is 5.64. The maximum absolute atomic E-state index is 11.9. The minimum Gasteiger partial charge on any atom is -0.507 e. The predicted molar refractivity (Wildman–Crippen MR) is 80.4 cm³/mol. The van der Waals surface area contributed by atoms with Gasteiger partial charge in [-0.25, -0.2) is 4.79 Å². The molecule has 0 aliphatic carbocycles. The number of nitrogens with two attached hydrogens (primary N) is 1. The lowest BCUT2D eigenvalue weighted by atomic mass is 9.96. The number of hydrogen-bond acceptors (Lipinski definition) is 4. The molecule has 0 heterocycles. The second-order valence-electron chi connectivity index (χ2n) is 4.98. The standard InChI is InChI=1S/C15H22N2O4/c1-2-10(7-8-16)3-6-14(19)17-11-4-5-13(18)12(9-11)15(20)21/h4-5,9-10,18H,2-3,6-8,16H2,1H3,(H,17,19)(H,20,21). The van der Waals surface area contributed by atoms with Crippen LogP contribution < -0.4 is 11.1 Å². The molecule has 0 aliphatic heterocycles. The van der Waals surface area contributed by atoms with E-state index >= 15 is 0 Å². The molecule has 6 heteroatoms. The van der Waals surface area contributed by atoms with Gasteiger partial charge >= 0.3 is 5.97 Å². The molecule has 0 spiro atoms. The minimum absolute atomic E-state index is 0.174. The largest absolute Gasteiger partial charge is 0.507 e. The van der Waals surface area contributed by atoms with E-state index in [9.17, 15) is 14.7 Å². The highest BCUT2D eigenvalue weighted by Crippen LogP contribution is 2.22. The van der Waals surface area contributed by atoms with Crippen LogP contribution in [0.5, 0.6) is 5.75 Å². The smallest absolute Gasteiger partial charge is 0.339 e. The van der Waals surface area contributed by atoms with Crippen LogP contribution in [0.2, 0.25) is 0 Å². The van der Waals surface area contributed by atoms with Crippen LogP contribution in [0, 0.1) is 5.92 Å². The van der Waals surface area contributed by atoms with E-state index in [0.717, 1.165) is 19.3 Å². The van der Waals surface area contributed by atoms with Crippen LogP contribution in [0.1, 0.15) is 43.0 Å². The number of carboxylic acid groups (broad SMARTS) is 1. The summed E-state index contributed by atoms with van der Waals surface area (Å²) >= 11 is 0. The van der Waals surface area contributed by atoms with E-state index in [1.165, 1.54) is 18.2 Å². The summed E-state index contributed by atoms with van der Waals surface area (Å²) in [6.45, 7) is 2.68. The maximum atomic E-state index is 11.9. The molecule has 21 heavy (non-hydrogen) atoms. The first-order chi connectivity index (χ1) is 9.97. The van der Waals surface area contributed by atoms with Gasteiger partial charge in [0.15, 0.2) is 0 Å². The number of carbonyl (C=O) groups excluding carboxylic acids is 1. The number of carbonyl (C=O) groups is 2. The predicted octanol–water partition coefficient (Wildman–Crippen LogP) is 2.18. The SMILES string of the molecule is CCC(CCN)CCC(=O)Nc1ccc(O)c(C(=O)O)c1. The van der Waals surface area contributed by atoms with Crippen molar-refractivity contribution >= 4 is 17.6 Å². The third-order valence-corrected chi connectivity index (χ3v) is 3.44. The third-order valence-electron chi connectivity index (χ3n) is 3.44. The van der Waals surface area contributed by atoms with Crippen LogP contribution in [0.4, 0.5) is 5.69 Å². The molecule has 0 aliphatic rings. The summed E-state index contributed by atoms with van der Waals surface area (Å²) in [5, 5.41) is 20.9. The number of rotatable bonds is 8. The number of hydrogen-bond donors (Lipinski definition) is 4. The van der Waals surface area contributed by atoms with Crippen molar-refractivity contribution in [2.24, 2.45) is 11.7 Å². The summed E-state index contributed by atoms with van der Waals surface area (Å²) in [6, 6.07) is 3.96. The Morgan fingerprint density at radius 2 is 2.05 bits per heavy atom. The Hall–Kier alpha value is -2.08. The van der Waals surface area contributed by atoms with Crippen molar-refractivity contribution in [1.29, 1.82) is 0 Å². The van der Waals surface area contributed by atoms with Crippen LogP contribution in [0.15, 0.2) is 18.2 Å². The number of benzene rings is 1. The van der Waals surface area contributed by atoms with Gasteiger partial charge in [-0.1, -0.05) is 13.3 Å². The summed E-state index contributed by atoms with van der Waals surface area (Å²) in [5.74, 6) is -1.31. The summed E-state index contributed by atoms with van der Waals surface area (Å²) in [4.78, 5) is 22.8. The van der Waals surface area contributed by atoms with Gasteiger partial charge in [-0.3, -0.25) is 4.79 Å². The van der Waals surface area contributed by atoms with Crippen LogP contribution >= 0.6 is 0 Å². The lowest BCUT2D eigenvalue weighted by Crippen LogP contribution is -2.15. The number of anilines is 1. The monoisotopic (exact) mass is 294 g/mol. The molecule has 6 nitrogen and oxygen atoms in total. The van der Waals surface area contributed by atoms with Gasteiger partial charge in [0.2, 0.25) is 5.91 Å². The van der Waals surface area contributed by atoms with E-state index in [1.54, 1.807) is 0 Å². The van der Waals surface area contributed by atoms with Gasteiger partial charge in [0, 0.05) is 12.1 Å². The molecular weight excluding hydrogens is 272 g/mol. The number of aromatic hydroxyl groups is 1. The average Bonchev–Trinajstić information content (AvgIpc) is 2.45. The summed E-state index contributed by atoms with van der Waals surface area (Å²) in [6.07, 6.45) is 2.99. The number of aromatic carboxylic acids is 1. The van der Waals surface area contributed by atoms with E-state index in [2.05, 4.69) is 12.2 Å². The van der Waals surface area contributed by atoms with E-state index in [0.29, 0.717) is 24.6 Å². The molecule has 0 radical (unpaired) electrons. The molecule has 0 saturated carbocycles. The van der Waals surface area contributed by atoms with Crippen LogP contribution in [0.3, 0.4) is 0 Å². The Kier molecular flexibility index (Phi) is 6.68. The van der Waals surface area contributed by atoms with Crippen molar-refractivity contribution in [2.45, 2.75) is 32.6 Å². The molecule has 0 aromatic heterocycles. The fraction of sp³-hybridized carbons (Fsp3) is 0.467. The lowest BCUT2D eigenvalue weighted by molar-refractivity contribution is -0.116. The summed E-state index contributed by atoms with van der Waals surface area (Å²) in [7, 11) is 0. The van der Waals surface area contributed by atoms with Crippen LogP contribution in [-0.2, 0) is 4.79 Å². The van der Waals surface area contributed by atoms with Gasteiger partial charge in [0.25, 0.3) is 0 Å². The van der Waals surface area contributed by atoms with Gasteiger partial charge in [-0.2, -0.15) is 0 Å². The second kappa shape index (κ2) is 8.26. The first kappa shape index (κ1) is 17.0. The molecule has 0 fully saturated rings. The fourth-order valence-electron chi connectivity index (χ4n) is 2.13. The van der Waals surface area contributed by atoms with E-state index in [1.807, 2.05) is 0 Å². The topological polar surface area (TPSA) is 113 Å². The van der Waals surface area contributed by atoms with Crippen molar-refractivity contribution in [3.8, 4) is 5.75 Å². The number of carboxylic acids is 1. The number of nitrogens with one attached hydrogen (secondary N) is 1. The molecule has 1 aromatic carbocycles. The molecule has 1 aromatic rings. The van der Waals surface area contributed by atoms with Crippen molar-refractivity contribution in [3.63, 3.8) is 0 Å². The Balaban J connectivity index is 2.59. The molecule has 1 unspecified atom stereocenters. The van der Waals surface area contributed by atoms with Gasteiger partial charge < -0.3 is 21.3 Å². The average molecular weight is 294 g/mol. The second-order valence-corrected chi connectivity index (χ2v) is 4.98. The quantitative estimate of drug-likeness (QED) is 0.549. The van der Waals surface area contributed by atoms with Crippen LogP contribution in [-0.4, -0.2) is 28.6 Å². The van der Waals surface area contributed by atoms with Gasteiger partial charge in [0.05, 0.1) is 0 Å². The van der Waals surface area contributed by atoms with E-state index < -0.39 is 5.97 Å². The molecule has 1 amide bonds. The van der Waals surface area contributed by atoms with Gasteiger partial charge in [-0.05, 0) is 43.5 Å². The maximum Gasteiger partial charge on any atom is 0.339 e. The Morgan fingerprint density at radius 3 is 2.62 bits per heavy atom. The number of phenols is 1. The van der Waals surface area contributed by atoms with Gasteiger partial charge in [-0.15, -0.1) is 0 Å². The van der Waals surface area contributed by atoms with Crippen molar-refractivity contribution in [3.05, 3.63) is 23.8 Å². The molecule has 1 rings (SSSR count). The van der Waals surface area contributed by atoms with E-state index in [-0.39, 0.29) is 17.2 Å². The normalized spacial score (nSPS) is 11.9. The first-order valence-corrected chi connectivity index (χ1v) is 7.04. The molecule has 0 saturated heterocycles. The zero-order valence-corrected chi connectivity index (χ0v) is 12.1. The highest BCUT2D eigenvalue weighted by atomic mass is 16.4. The minimum atomic E-state index is -1.24. The fourth-order valence-corrected chi connectivity index (χ4v) is 2.13. The third kappa shape index (κ3) is 5.43. The first-order valence-electron chi connectivity index (χ1n) is 7.04. The Labute approximate surface area is 124 Å². The molecular formula is C15H22N2O4.